The molecule has 3 aromatic rings. The quantitative estimate of drug-likeness (QED) is 0.383. The molecule has 1 fully saturated rings. The van der Waals surface area contributed by atoms with Crippen molar-refractivity contribution in [3.05, 3.63) is 71.0 Å². The van der Waals surface area contributed by atoms with Crippen molar-refractivity contribution in [2.24, 2.45) is 4.99 Å². The topological polar surface area (TPSA) is 98.0 Å². The molecule has 1 aromatic heterocycles. The summed E-state index contributed by atoms with van der Waals surface area (Å²) in [4.78, 5) is 30.1. The maximum atomic E-state index is 13.2. The fourth-order valence-electron chi connectivity index (χ4n) is 4.00. The van der Waals surface area contributed by atoms with E-state index in [-0.39, 0.29) is 11.4 Å². The van der Waals surface area contributed by atoms with E-state index in [4.69, 9.17) is 4.74 Å². The first-order valence-corrected chi connectivity index (χ1v) is 13.0. The van der Waals surface area contributed by atoms with E-state index in [1.807, 2.05) is 11.5 Å². The maximum absolute atomic E-state index is 13.2. The van der Waals surface area contributed by atoms with Crippen LogP contribution in [0.2, 0.25) is 0 Å². The standard InChI is InChI=1S/C24H25N3O5S2/c1-4-13-26-19-12-9-17(23(29)32-3)15-21(19)33-24(26)25-22(28)20-6-5-14-27(20)34(30,31)18-10-7-16(2)8-11-18/h4,7-12,15,20H,1,5-6,13-14H2,2-3H3. The molecule has 1 aliphatic rings. The SMILES string of the molecule is C=CCn1c(=NC(=O)C2CCCN2S(=O)(=O)c2ccc(C)cc2)sc2cc(C(=O)OC)ccc21. The zero-order chi connectivity index (χ0) is 24.5. The van der Waals surface area contributed by atoms with Crippen LogP contribution in [0, 0.1) is 6.92 Å². The predicted molar refractivity (Wildman–Crippen MR) is 130 cm³/mol. The first-order valence-electron chi connectivity index (χ1n) is 10.8. The van der Waals surface area contributed by atoms with Crippen LogP contribution in [-0.4, -0.2) is 48.9 Å². The largest absolute Gasteiger partial charge is 0.465 e. The van der Waals surface area contributed by atoms with E-state index >= 15 is 0 Å². The molecule has 8 nitrogen and oxygen atoms in total. The van der Waals surface area contributed by atoms with Gasteiger partial charge >= 0.3 is 5.97 Å². The molecule has 0 radical (unpaired) electrons. The van der Waals surface area contributed by atoms with Gasteiger partial charge in [-0.3, -0.25) is 4.79 Å². The summed E-state index contributed by atoms with van der Waals surface area (Å²) in [5.74, 6) is -0.964. The van der Waals surface area contributed by atoms with Gasteiger partial charge in [-0.05, 0) is 50.1 Å². The van der Waals surface area contributed by atoms with Crippen LogP contribution in [0.4, 0.5) is 0 Å². The number of sulfonamides is 1. The molecule has 2 aromatic carbocycles. The Morgan fingerprint density at radius 2 is 1.97 bits per heavy atom. The summed E-state index contributed by atoms with van der Waals surface area (Å²) in [6.45, 7) is 6.33. The fraction of sp³-hybridized carbons (Fsp3) is 0.292. The van der Waals surface area contributed by atoms with E-state index in [2.05, 4.69) is 11.6 Å². The van der Waals surface area contributed by atoms with Crippen LogP contribution in [0.3, 0.4) is 0 Å². The molecule has 1 amide bonds. The zero-order valence-corrected chi connectivity index (χ0v) is 20.6. The minimum absolute atomic E-state index is 0.164. The number of ether oxygens (including phenoxy) is 1. The van der Waals surface area contributed by atoms with Crippen molar-refractivity contribution < 1.29 is 22.7 Å². The van der Waals surface area contributed by atoms with Crippen molar-refractivity contribution in [1.29, 1.82) is 0 Å². The number of allylic oxidation sites excluding steroid dienone is 1. The second-order valence-corrected chi connectivity index (χ2v) is 10.9. The average Bonchev–Trinajstić information content (AvgIpc) is 3.45. The Morgan fingerprint density at radius 1 is 1.24 bits per heavy atom. The van der Waals surface area contributed by atoms with Gasteiger partial charge in [-0.2, -0.15) is 9.30 Å². The van der Waals surface area contributed by atoms with Crippen LogP contribution >= 0.6 is 11.3 Å². The van der Waals surface area contributed by atoms with Crippen molar-refractivity contribution in [3.8, 4) is 0 Å². The van der Waals surface area contributed by atoms with E-state index in [9.17, 15) is 18.0 Å². The lowest BCUT2D eigenvalue weighted by Crippen LogP contribution is -2.40. The molecule has 34 heavy (non-hydrogen) atoms. The van der Waals surface area contributed by atoms with Gasteiger partial charge in [0, 0.05) is 13.1 Å². The van der Waals surface area contributed by atoms with E-state index in [1.165, 1.54) is 22.8 Å². The molecule has 1 atom stereocenters. The van der Waals surface area contributed by atoms with E-state index < -0.39 is 27.9 Å². The van der Waals surface area contributed by atoms with Gasteiger partial charge in [0.25, 0.3) is 5.91 Å². The van der Waals surface area contributed by atoms with Gasteiger partial charge in [0.05, 0.1) is 27.8 Å². The molecule has 10 heteroatoms. The molecule has 1 unspecified atom stereocenters. The van der Waals surface area contributed by atoms with E-state index in [0.717, 1.165) is 15.8 Å². The number of amides is 1. The minimum atomic E-state index is -3.82. The molecule has 1 aliphatic heterocycles. The number of aromatic nitrogens is 1. The van der Waals surface area contributed by atoms with Crippen molar-refractivity contribution in [1.82, 2.24) is 8.87 Å². The van der Waals surface area contributed by atoms with Gasteiger partial charge in [-0.15, -0.1) is 6.58 Å². The number of esters is 1. The number of carbonyl (C=O) groups is 2. The number of methoxy groups -OCH3 is 1. The molecule has 0 aliphatic carbocycles. The lowest BCUT2D eigenvalue weighted by Gasteiger charge is -2.21. The summed E-state index contributed by atoms with van der Waals surface area (Å²) >= 11 is 1.25. The summed E-state index contributed by atoms with van der Waals surface area (Å²) < 4.78 is 35.1. The average molecular weight is 500 g/mol. The number of thiazole rings is 1. The number of hydrogen-bond acceptors (Lipinski definition) is 6. The lowest BCUT2D eigenvalue weighted by atomic mass is 10.2. The Morgan fingerprint density at radius 3 is 2.65 bits per heavy atom. The second kappa shape index (κ2) is 9.65. The highest BCUT2D eigenvalue weighted by Crippen LogP contribution is 2.27. The summed E-state index contributed by atoms with van der Waals surface area (Å²) in [7, 11) is -2.51. The van der Waals surface area contributed by atoms with Gasteiger partial charge in [-0.1, -0.05) is 35.1 Å². The number of hydrogen-bond donors (Lipinski definition) is 0. The predicted octanol–water partition coefficient (Wildman–Crippen LogP) is 3.26. The highest BCUT2D eigenvalue weighted by molar-refractivity contribution is 7.89. The van der Waals surface area contributed by atoms with E-state index in [1.54, 1.807) is 48.5 Å². The third-order valence-corrected chi connectivity index (χ3v) is 8.70. The van der Waals surface area contributed by atoms with Crippen LogP contribution in [-0.2, 0) is 26.1 Å². The third-order valence-electron chi connectivity index (χ3n) is 5.74. The molecule has 4 rings (SSSR count). The fourth-order valence-corrected chi connectivity index (χ4v) is 6.73. The first-order chi connectivity index (χ1) is 16.3. The molecule has 0 spiro atoms. The molecule has 0 bridgehead atoms. The molecular weight excluding hydrogens is 474 g/mol. The normalized spacial score (nSPS) is 17.2. The zero-order valence-electron chi connectivity index (χ0n) is 18.9. The number of nitrogens with zero attached hydrogens (tertiary/aromatic N) is 3. The van der Waals surface area contributed by atoms with Gasteiger partial charge < -0.3 is 9.30 Å². The number of fused-ring (bicyclic) bond motifs is 1. The summed E-state index contributed by atoms with van der Waals surface area (Å²) in [5, 5.41) is 0. The van der Waals surface area contributed by atoms with Gasteiger partial charge in [0.2, 0.25) is 10.0 Å². The Labute approximate surface area is 201 Å². The van der Waals surface area contributed by atoms with Crippen molar-refractivity contribution in [2.75, 3.05) is 13.7 Å². The van der Waals surface area contributed by atoms with Crippen LogP contribution in [0.15, 0.2) is 65.0 Å². The first kappa shape index (κ1) is 24.1. The van der Waals surface area contributed by atoms with Gasteiger partial charge in [0.1, 0.15) is 6.04 Å². The summed E-state index contributed by atoms with van der Waals surface area (Å²) in [6, 6.07) is 10.9. The Kier molecular flexibility index (Phi) is 6.83. The highest BCUT2D eigenvalue weighted by atomic mass is 32.2. The summed E-state index contributed by atoms with van der Waals surface area (Å²) in [6.07, 6.45) is 2.68. The second-order valence-electron chi connectivity index (χ2n) is 7.99. The Hall–Kier alpha value is -3.08. The number of benzene rings is 2. The molecule has 0 N–H and O–H groups in total. The van der Waals surface area contributed by atoms with Gasteiger partial charge in [-0.25, -0.2) is 13.2 Å². The minimum Gasteiger partial charge on any atom is -0.465 e. The molecule has 0 saturated carbocycles. The number of carbonyl (C=O) groups excluding carboxylic acids is 2. The maximum Gasteiger partial charge on any atom is 0.337 e. The Balaban J connectivity index is 1.73. The van der Waals surface area contributed by atoms with Crippen LogP contribution < -0.4 is 4.80 Å². The van der Waals surface area contributed by atoms with Crippen LogP contribution in [0.1, 0.15) is 28.8 Å². The molecule has 2 heterocycles. The smallest absolute Gasteiger partial charge is 0.337 e. The van der Waals surface area contributed by atoms with Gasteiger partial charge in [0.15, 0.2) is 4.80 Å². The number of rotatable bonds is 6. The molecular formula is C24H25N3O5S2. The van der Waals surface area contributed by atoms with E-state index in [0.29, 0.717) is 29.8 Å². The monoisotopic (exact) mass is 499 g/mol. The van der Waals surface area contributed by atoms with Crippen molar-refractivity contribution in [3.63, 3.8) is 0 Å². The highest BCUT2D eigenvalue weighted by Gasteiger charge is 2.39. The number of aryl methyl sites for hydroxylation is 1. The Bertz CT molecular complexity index is 1440. The van der Waals surface area contributed by atoms with Crippen molar-refractivity contribution in [2.45, 2.75) is 37.2 Å². The van der Waals surface area contributed by atoms with Crippen molar-refractivity contribution >= 4 is 43.5 Å². The van der Waals surface area contributed by atoms with Crippen LogP contribution in [0.25, 0.3) is 10.2 Å². The molecule has 1 saturated heterocycles. The lowest BCUT2D eigenvalue weighted by molar-refractivity contribution is -0.121. The summed E-state index contributed by atoms with van der Waals surface area (Å²) in [5.41, 5.74) is 2.14. The molecule has 178 valence electrons. The van der Waals surface area contributed by atoms with Crippen LogP contribution in [0.5, 0.6) is 0 Å². The third kappa shape index (κ3) is 4.48.